The monoisotopic (exact) mass is 334 g/mol. The number of carbonyl (C=O) groups is 1. The number of amides is 2. The number of benzene rings is 1. The number of nitrogens with one attached hydrogen (secondary N) is 3. The van der Waals surface area contributed by atoms with Crippen LogP contribution in [-0.4, -0.2) is 25.7 Å². The van der Waals surface area contributed by atoms with Gasteiger partial charge in [-0.05, 0) is 30.7 Å². The first-order valence-corrected chi connectivity index (χ1v) is 8.79. The van der Waals surface area contributed by atoms with Crippen molar-refractivity contribution in [3.63, 3.8) is 0 Å². The first-order chi connectivity index (χ1) is 10.8. The number of aromatic nitrogens is 1. The van der Waals surface area contributed by atoms with Gasteiger partial charge in [-0.25, -0.2) is 18.2 Å². The van der Waals surface area contributed by atoms with E-state index in [2.05, 4.69) is 20.3 Å². The molecule has 0 aliphatic rings. The highest BCUT2D eigenvalue weighted by Gasteiger charge is 2.15. The minimum atomic E-state index is -3.40. The number of urea groups is 1. The zero-order valence-electron chi connectivity index (χ0n) is 12.8. The summed E-state index contributed by atoms with van der Waals surface area (Å²) < 4.78 is 25.3. The molecule has 2 rings (SSSR count). The zero-order chi connectivity index (χ0) is 16.9. The van der Waals surface area contributed by atoms with Gasteiger partial charge in [-0.2, -0.15) is 0 Å². The van der Waals surface area contributed by atoms with Gasteiger partial charge in [0.25, 0.3) is 0 Å². The van der Waals surface area contributed by atoms with Gasteiger partial charge in [-0.3, -0.25) is 10.0 Å². The summed E-state index contributed by atoms with van der Waals surface area (Å²) >= 11 is 0. The minimum Gasteiger partial charge on any atom is -0.331 e. The lowest BCUT2D eigenvalue weighted by Crippen LogP contribution is -2.32. The second-order valence-corrected chi connectivity index (χ2v) is 6.75. The molecule has 1 aromatic carbocycles. The first kappa shape index (κ1) is 16.8. The Morgan fingerprint density at radius 1 is 1.13 bits per heavy atom. The van der Waals surface area contributed by atoms with Crippen LogP contribution in [0, 0.1) is 0 Å². The van der Waals surface area contributed by atoms with E-state index in [4.69, 9.17) is 0 Å². The lowest BCUT2D eigenvalue weighted by molar-refractivity contribution is 0.249. The van der Waals surface area contributed by atoms with Crippen LogP contribution in [0.1, 0.15) is 18.5 Å². The van der Waals surface area contributed by atoms with Crippen molar-refractivity contribution in [3.8, 4) is 0 Å². The van der Waals surface area contributed by atoms with Crippen LogP contribution in [0.3, 0.4) is 0 Å². The number of anilines is 2. The average molecular weight is 334 g/mol. The molecular formula is C15H18N4O3S. The van der Waals surface area contributed by atoms with Gasteiger partial charge in [-0.1, -0.05) is 24.3 Å². The van der Waals surface area contributed by atoms with Gasteiger partial charge in [-0.15, -0.1) is 0 Å². The highest BCUT2D eigenvalue weighted by molar-refractivity contribution is 7.92. The number of para-hydroxylation sites is 1. The molecule has 2 aromatic rings. The summed E-state index contributed by atoms with van der Waals surface area (Å²) in [5.41, 5.74) is 1.09. The summed E-state index contributed by atoms with van der Waals surface area (Å²) in [6, 6.07) is 11.2. The standard InChI is InChI=1S/C15H18N4O3S/c1-11(17-15(20)18-14-9-5-6-10-16-14)12-7-3-4-8-13(12)19-23(2,21)22/h3-11,19H,1-2H3,(H2,16,17,18,20). The van der Waals surface area contributed by atoms with Crippen molar-refractivity contribution in [2.45, 2.75) is 13.0 Å². The van der Waals surface area contributed by atoms with E-state index in [1.807, 2.05) is 0 Å². The summed E-state index contributed by atoms with van der Waals surface area (Å²) in [4.78, 5) is 16.0. The third-order valence-electron chi connectivity index (χ3n) is 2.98. The average Bonchev–Trinajstić information content (AvgIpc) is 2.47. The SMILES string of the molecule is CC(NC(=O)Nc1ccccn1)c1ccccc1NS(C)(=O)=O. The predicted molar refractivity (Wildman–Crippen MR) is 89.7 cm³/mol. The lowest BCUT2D eigenvalue weighted by atomic mass is 10.1. The molecule has 0 saturated heterocycles. The molecule has 1 aromatic heterocycles. The molecule has 0 aliphatic carbocycles. The van der Waals surface area contributed by atoms with Gasteiger partial charge in [0.2, 0.25) is 10.0 Å². The van der Waals surface area contributed by atoms with Gasteiger partial charge in [0.05, 0.1) is 18.0 Å². The largest absolute Gasteiger partial charge is 0.331 e. The van der Waals surface area contributed by atoms with Crippen molar-refractivity contribution in [2.24, 2.45) is 0 Å². The first-order valence-electron chi connectivity index (χ1n) is 6.90. The lowest BCUT2D eigenvalue weighted by Gasteiger charge is -2.18. The summed E-state index contributed by atoms with van der Waals surface area (Å²) in [7, 11) is -3.40. The second-order valence-electron chi connectivity index (χ2n) is 5.00. The quantitative estimate of drug-likeness (QED) is 0.781. The topological polar surface area (TPSA) is 100 Å². The highest BCUT2D eigenvalue weighted by atomic mass is 32.2. The smallest absolute Gasteiger partial charge is 0.320 e. The fourth-order valence-corrected chi connectivity index (χ4v) is 2.62. The van der Waals surface area contributed by atoms with Gasteiger partial charge >= 0.3 is 6.03 Å². The molecule has 7 nitrogen and oxygen atoms in total. The number of sulfonamides is 1. The van der Waals surface area contributed by atoms with Crippen molar-refractivity contribution >= 4 is 27.6 Å². The summed E-state index contributed by atoms with van der Waals surface area (Å²) in [6.07, 6.45) is 2.65. The number of hydrogen-bond acceptors (Lipinski definition) is 4. The Morgan fingerprint density at radius 2 is 1.83 bits per heavy atom. The molecule has 23 heavy (non-hydrogen) atoms. The molecule has 1 unspecified atom stereocenters. The van der Waals surface area contributed by atoms with E-state index in [1.165, 1.54) is 0 Å². The molecule has 3 N–H and O–H groups in total. The fraction of sp³-hybridized carbons (Fsp3) is 0.200. The minimum absolute atomic E-state index is 0.399. The van der Waals surface area contributed by atoms with Crippen molar-refractivity contribution in [3.05, 3.63) is 54.2 Å². The molecule has 0 bridgehead atoms. The Balaban J connectivity index is 2.08. The van der Waals surface area contributed by atoms with Crippen LogP contribution in [0.15, 0.2) is 48.7 Å². The Kier molecular flexibility index (Phi) is 5.17. The molecular weight excluding hydrogens is 316 g/mol. The number of carbonyl (C=O) groups excluding carboxylic acids is 1. The summed E-state index contributed by atoms with van der Waals surface area (Å²) in [5.74, 6) is 0.430. The van der Waals surface area contributed by atoms with Gasteiger partial charge in [0.1, 0.15) is 5.82 Å². The van der Waals surface area contributed by atoms with E-state index in [9.17, 15) is 13.2 Å². The third-order valence-corrected chi connectivity index (χ3v) is 3.57. The summed E-state index contributed by atoms with van der Waals surface area (Å²) in [6.45, 7) is 1.76. The van der Waals surface area contributed by atoms with E-state index >= 15 is 0 Å². The maximum atomic E-state index is 12.0. The van der Waals surface area contributed by atoms with E-state index < -0.39 is 22.1 Å². The molecule has 8 heteroatoms. The van der Waals surface area contributed by atoms with Crippen molar-refractivity contribution in [1.29, 1.82) is 0 Å². The number of hydrogen-bond donors (Lipinski definition) is 3. The van der Waals surface area contributed by atoms with Gasteiger partial charge in [0, 0.05) is 6.20 Å². The van der Waals surface area contributed by atoms with Crippen molar-refractivity contribution in [1.82, 2.24) is 10.3 Å². The van der Waals surface area contributed by atoms with Gasteiger partial charge < -0.3 is 5.32 Å². The van der Waals surface area contributed by atoms with Crippen LogP contribution in [0.5, 0.6) is 0 Å². The second kappa shape index (κ2) is 7.10. The summed E-state index contributed by atoms with van der Waals surface area (Å²) in [5, 5.41) is 5.36. The van der Waals surface area contributed by atoms with Gasteiger partial charge in [0.15, 0.2) is 0 Å². The molecule has 1 atom stereocenters. The van der Waals surface area contributed by atoms with Crippen LogP contribution in [-0.2, 0) is 10.0 Å². The highest BCUT2D eigenvalue weighted by Crippen LogP contribution is 2.23. The van der Waals surface area contributed by atoms with Crippen LogP contribution in [0.25, 0.3) is 0 Å². The molecule has 1 heterocycles. The van der Waals surface area contributed by atoms with E-state index in [-0.39, 0.29) is 0 Å². The molecule has 122 valence electrons. The molecule has 0 radical (unpaired) electrons. The van der Waals surface area contributed by atoms with Crippen LogP contribution >= 0.6 is 0 Å². The van der Waals surface area contributed by atoms with E-state index in [0.29, 0.717) is 17.1 Å². The number of nitrogens with zero attached hydrogens (tertiary/aromatic N) is 1. The Bertz CT molecular complexity index is 778. The molecule has 0 saturated carbocycles. The normalized spacial score (nSPS) is 12.3. The molecule has 2 amide bonds. The fourth-order valence-electron chi connectivity index (χ4n) is 2.03. The van der Waals surface area contributed by atoms with E-state index in [0.717, 1.165) is 6.26 Å². The number of rotatable bonds is 5. The Labute approximate surface area is 135 Å². The van der Waals surface area contributed by atoms with Crippen molar-refractivity contribution < 1.29 is 13.2 Å². The Hall–Kier alpha value is -2.61. The Morgan fingerprint density at radius 3 is 2.48 bits per heavy atom. The van der Waals surface area contributed by atoms with Crippen LogP contribution < -0.4 is 15.4 Å². The van der Waals surface area contributed by atoms with E-state index in [1.54, 1.807) is 55.6 Å². The zero-order valence-corrected chi connectivity index (χ0v) is 13.6. The molecule has 0 spiro atoms. The third kappa shape index (κ3) is 5.26. The van der Waals surface area contributed by atoms with Crippen LogP contribution in [0.2, 0.25) is 0 Å². The molecule has 0 fully saturated rings. The number of pyridine rings is 1. The maximum absolute atomic E-state index is 12.0. The predicted octanol–water partition coefficient (Wildman–Crippen LogP) is 2.34. The van der Waals surface area contributed by atoms with Crippen molar-refractivity contribution in [2.75, 3.05) is 16.3 Å². The maximum Gasteiger partial charge on any atom is 0.320 e. The molecule has 0 aliphatic heterocycles. The van der Waals surface area contributed by atoms with Crippen LogP contribution in [0.4, 0.5) is 16.3 Å².